The SMILES string of the molecule is CC(=O)OC1CC2CC(OC=O)CCC2[C@H]2CC(OC(C)=O)C3(C)C([C@H](C)CCC(=O)OCCS(=O)(=O)O)CC[C@H]3C12. The van der Waals surface area contributed by atoms with Crippen LogP contribution in [0, 0.1) is 46.8 Å². The molecular formula is C30H46O11S. The maximum atomic E-state index is 12.4. The highest BCUT2D eigenvalue weighted by Gasteiger charge is 2.65. The Morgan fingerprint density at radius 1 is 1.00 bits per heavy atom. The molecule has 0 aromatic rings. The normalized spacial score (nSPS) is 38.2. The van der Waals surface area contributed by atoms with Gasteiger partial charge in [0.1, 0.15) is 30.7 Å². The fourth-order valence-electron chi connectivity index (χ4n) is 9.52. The Kier molecular flexibility index (Phi) is 10.3. The molecule has 0 bridgehead atoms. The van der Waals surface area contributed by atoms with E-state index in [0.29, 0.717) is 25.2 Å². The Labute approximate surface area is 248 Å². The molecule has 0 aromatic carbocycles. The summed E-state index contributed by atoms with van der Waals surface area (Å²) in [6.45, 7) is 7.30. The first-order valence-corrected chi connectivity index (χ1v) is 16.9. The molecule has 8 unspecified atom stereocenters. The molecule has 4 aliphatic carbocycles. The molecule has 0 aliphatic heterocycles. The van der Waals surface area contributed by atoms with Gasteiger partial charge in [0.05, 0.1) is 0 Å². The Morgan fingerprint density at radius 3 is 2.36 bits per heavy atom. The van der Waals surface area contributed by atoms with Gasteiger partial charge in [0, 0.05) is 31.6 Å². The summed E-state index contributed by atoms with van der Waals surface area (Å²) in [7, 11) is -4.21. The zero-order chi connectivity index (χ0) is 30.8. The predicted molar refractivity (Wildman–Crippen MR) is 149 cm³/mol. The van der Waals surface area contributed by atoms with Crippen molar-refractivity contribution in [3.63, 3.8) is 0 Å². The average molecular weight is 615 g/mol. The third-order valence-electron chi connectivity index (χ3n) is 11.0. The molecule has 11 nitrogen and oxygen atoms in total. The highest BCUT2D eigenvalue weighted by Crippen LogP contribution is 2.66. The van der Waals surface area contributed by atoms with E-state index in [1.807, 2.05) is 0 Å². The highest BCUT2D eigenvalue weighted by atomic mass is 32.2. The van der Waals surface area contributed by atoms with Crippen molar-refractivity contribution in [1.29, 1.82) is 0 Å². The van der Waals surface area contributed by atoms with E-state index in [4.69, 9.17) is 23.5 Å². The molecule has 1 N–H and O–H groups in total. The van der Waals surface area contributed by atoms with Gasteiger partial charge in [-0.25, -0.2) is 0 Å². The van der Waals surface area contributed by atoms with E-state index in [1.54, 1.807) is 0 Å². The molecule has 0 amide bonds. The number of esters is 3. The monoisotopic (exact) mass is 614 g/mol. The zero-order valence-corrected chi connectivity index (χ0v) is 25.9. The first-order chi connectivity index (χ1) is 19.7. The zero-order valence-electron chi connectivity index (χ0n) is 25.1. The Morgan fingerprint density at radius 2 is 1.71 bits per heavy atom. The minimum absolute atomic E-state index is 0.0863. The summed E-state index contributed by atoms with van der Waals surface area (Å²) in [5.74, 6) is -0.466. The molecule has 0 radical (unpaired) electrons. The van der Waals surface area contributed by atoms with Crippen molar-refractivity contribution >= 4 is 34.5 Å². The van der Waals surface area contributed by atoms with E-state index in [1.165, 1.54) is 13.8 Å². The van der Waals surface area contributed by atoms with Crippen LogP contribution in [0.2, 0.25) is 0 Å². The van der Waals surface area contributed by atoms with E-state index < -0.39 is 28.4 Å². The number of carbonyl (C=O) groups excluding carboxylic acids is 4. The van der Waals surface area contributed by atoms with Crippen molar-refractivity contribution in [3.05, 3.63) is 0 Å². The number of ether oxygens (including phenoxy) is 4. The van der Waals surface area contributed by atoms with Crippen molar-refractivity contribution in [2.45, 2.75) is 104 Å². The van der Waals surface area contributed by atoms with E-state index in [-0.39, 0.29) is 77.6 Å². The second-order valence-corrected chi connectivity index (χ2v) is 14.8. The summed E-state index contributed by atoms with van der Waals surface area (Å²) in [5.41, 5.74) is -0.385. The highest BCUT2D eigenvalue weighted by molar-refractivity contribution is 7.85. The molecule has 12 heteroatoms. The van der Waals surface area contributed by atoms with Gasteiger partial charge in [0.15, 0.2) is 0 Å². The maximum absolute atomic E-state index is 12.4. The van der Waals surface area contributed by atoms with Gasteiger partial charge in [-0.05, 0) is 86.9 Å². The molecule has 0 aromatic heterocycles. The van der Waals surface area contributed by atoms with Crippen LogP contribution in [0.1, 0.15) is 85.5 Å². The minimum Gasteiger partial charge on any atom is -0.465 e. The Hall–Kier alpha value is -2.21. The van der Waals surface area contributed by atoms with Gasteiger partial charge in [-0.15, -0.1) is 0 Å². The van der Waals surface area contributed by atoms with Gasteiger partial charge in [0.2, 0.25) is 0 Å². The van der Waals surface area contributed by atoms with E-state index in [9.17, 15) is 27.6 Å². The van der Waals surface area contributed by atoms with Gasteiger partial charge >= 0.3 is 17.9 Å². The predicted octanol–water partition coefficient (Wildman–Crippen LogP) is 3.73. The quantitative estimate of drug-likeness (QED) is 0.156. The summed E-state index contributed by atoms with van der Waals surface area (Å²) in [4.78, 5) is 48.0. The largest absolute Gasteiger partial charge is 0.465 e. The number of hydrogen-bond donors (Lipinski definition) is 1. The van der Waals surface area contributed by atoms with Gasteiger partial charge in [-0.3, -0.25) is 23.7 Å². The van der Waals surface area contributed by atoms with E-state index in [0.717, 1.165) is 38.5 Å². The van der Waals surface area contributed by atoms with Crippen LogP contribution in [-0.4, -0.2) is 68.0 Å². The van der Waals surface area contributed by atoms with Gasteiger partial charge in [0.25, 0.3) is 16.6 Å². The summed E-state index contributed by atoms with van der Waals surface area (Å²) >= 11 is 0. The lowest BCUT2D eigenvalue weighted by molar-refractivity contribution is -0.206. The van der Waals surface area contributed by atoms with Gasteiger partial charge in [-0.2, -0.15) is 8.42 Å². The second kappa shape index (κ2) is 13.2. The van der Waals surface area contributed by atoms with Crippen molar-refractivity contribution < 1.29 is 51.1 Å². The number of rotatable bonds is 11. The molecule has 42 heavy (non-hydrogen) atoms. The lowest BCUT2D eigenvalue weighted by Crippen LogP contribution is -2.60. The number of hydrogen-bond acceptors (Lipinski definition) is 10. The van der Waals surface area contributed by atoms with Crippen molar-refractivity contribution in [3.8, 4) is 0 Å². The molecule has 4 aliphatic rings. The van der Waals surface area contributed by atoms with Gasteiger partial charge in [-0.1, -0.05) is 13.8 Å². The topological polar surface area (TPSA) is 160 Å². The molecule has 0 saturated heterocycles. The van der Waals surface area contributed by atoms with Crippen LogP contribution < -0.4 is 0 Å². The minimum atomic E-state index is -4.21. The standard InChI is InChI=1S/C30H46O11S/c1-17(5-10-28(34)38-11-12-42(35,36)37)24-8-9-25-29-23(15-27(30(24,25)4)41-19(3)33)22-7-6-21(39-16-31)13-20(22)14-26(29)40-18(2)32/h16-17,20-27,29H,5-15H2,1-4H3,(H,35,36,37)/t17-,20?,21?,22?,23-,24?,25+,26?,27?,29?,30?/m1/s1. The van der Waals surface area contributed by atoms with Crippen LogP contribution in [0.15, 0.2) is 0 Å². The van der Waals surface area contributed by atoms with Crippen molar-refractivity contribution in [2.75, 3.05) is 12.4 Å². The molecule has 4 fully saturated rings. The smallest absolute Gasteiger partial charge is 0.305 e. The third kappa shape index (κ3) is 7.11. The molecule has 238 valence electrons. The van der Waals surface area contributed by atoms with Crippen LogP contribution in [-0.2, 0) is 48.2 Å². The van der Waals surface area contributed by atoms with Gasteiger partial charge < -0.3 is 18.9 Å². The van der Waals surface area contributed by atoms with Crippen molar-refractivity contribution in [2.24, 2.45) is 46.8 Å². The number of fused-ring (bicyclic) bond motifs is 5. The lowest BCUT2D eigenvalue weighted by atomic mass is 9.47. The molecule has 4 rings (SSSR count). The van der Waals surface area contributed by atoms with Crippen LogP contribution in [0.4, 0.5) is 0 Å². The summed E-state index contributed by atoms with van der Waals surface area (Å²) in [5, 5.41) is 0. The summed E-state index contributed by atoms with van der Waals surface area (Å²) < 4.78 is 53.2. The third-order valence-corrected chi connectivity index (χ3v) is 11.7. The Balaban J connectivity index is 1.55. The molecule has 0 spiro atoms. The number of carbonyl (C=O) groups is 4. The fraction of sp³-hybridized carbons (Fsp3) is 0.867. The van der Waals surface area contributed by atoms with Crippen LogP contribution >= 0.6 is 0 Å². The fourth-order valence-corrected chi connectivity index (χ4v) is 9.82. The second-order valence-electron chi connectivity index (χ2n) is 13.2. The van der Waals surface area contributed by atoms with E-state index in [2.05, 4.69) is 13.8 Å². The van der Waals surface area contributed by atoms with Crippen LogP contribution in [0.3, 0.4) is 0 Å². The maximum Gasteiger partial charge on any atom is 0.305 e. The van der Waals surface area contributed by atoms with Crippen molar-refractivity contribution in [1.82, 2.24) is 0 Å². The molecular weight excluding hydrogens is 568 g/mol. The van der Waals surface area contributed by atoms with E-state index >= 15 is 0 Å². The molecule has 0 heterocycles. The average Bonchev–Trinajstić information content (AvgIpc) is 3.24. The Bertz CT molecular complexity index is 1120. The lowest BCUT2D eigenvalue weighted by Gasteiger charge is -2.60. The molecule has 4 saturated carbocycles. The summed E-state index contributed by atoms with van der Waals surface area (Å²) in [6, 6.07) is 0. The van der Waals surface area contributed by atoms with Crippen LogP contribution in [0.5, 0.6) is 0 Å². The first-order valence-electron chi connectivity index (χ1n) is 15.3. The first kappa shape index (κ1) is 32.7. The molecule has 11 atom stereocenters. The van der Waals surface area contributed by atoms with Crippen LogP contribution in [0.25, 0.3) is 0 Å². The summed E-state index contributed by atoms with van der Waals surface area (Å²) in [6.07, 6.45) is 5.55.